The first-order valence-electron chi connectivity index (χ1n) is 8.88. The maximum absolute atomic E-state index is 13.1. The van der Waals surface area contributed by atoms with Gasteiger partial charge in [0.1, 0.15) is 5.69 Å². The number of hydrogen-bond acceptors (Lipinski definition) is 4. The molecule has 2 heterocycles. The number of anilines is 3. The number of halogens is 1. The Morgan fingerprint density at radius 2 is 2.00 bits per heavy atom. The van der Waals surface area contributed by atoms with E-state index < -0.39 is 0 Å². The fraction of sp³-hybridized carbons (Fsp3) is 0.190. The van der Waals surface area contributed by atoms with Crippen molar-refractivity contribution >= 4 is 34.8 Å². The van der Waals surface area contributed by atoms with Gasteiger partial charge in [-0.3, -0.25) is 4.79 Å². The van der Waals surface area contributed by atoms with Crippen molar-refractivity contribution in [3.8, 4) is 0 Å². The van der Waals surface area contributed by atoms with E-state index in [1.54, 1.807) is 17.2 Å². The monoisotopic (exact) mass is 378 g/mol. The summed E-state index contributed by atoms with van der Waals surface area (Å²) in [6, 6.07) is 15.3. The third kappa shape index (κ3) is 3.51. The van der Waals surface area contributed by atoms with Crippen molar-refractivity contribution < 1.29 is 4.79 Å². The number of para-hydroxylation sites is 1. The Labute approximate surface area is 163 Å². The van der Waals surface area contributed by atoms with Gasteiger partial charge in [0.05, 0.1) is 0 Å². The fourth-order valence-corrected chi connectivity index (χ4v) is 3.46. The number of carbonyl (C=O) groups excluding carboxylic acids is 1. The number of amides is 1. The molecule has 1 aliphatic heterocycles. The van der Waals surface area contributed by atoms with Crippen LogP contribution in [0, 0.1) is 6.92 Å². The highest BCUT2D eigenvalue weighted by atomic mass is 35.5. The lowest BCUT2D eigenvalue weighted by Gasteiger charge is -2.29. The molecule has 0 fully saturated rings. The predicted octanol–water partition coefficient (Wildman–Crippen LogP) is 4.78. The molecular formula is C21H19ClN4O. The van der Waals surface area contributed by atoms with Crippen LogP contribution in [0.1, 0.15) is 28.0 Å². The van der Waals surface area contributed by atoms with E-state index in [0.29, 0.717) is 23.2 Å². The van der Waals surface area contributed by atoms with Gasteiger partial charge in [0, 0.05) is 29.1 Å². The van der Waals surface area contributed by atoms with Crippen LogP contribution < -0.4 is 10.2 Å². The first-order chi connectivity index (χ1) is 13.1. The number of nitrogens with zero attached hydrogens (tertiary/aromatic N) is 3. The molecule has 0 bridgehead atoms. The molecule has 0 radical (unpaired) electrons. The van der Waals surface area contributed by atoms with E-state index in [4.69, 9.17) is 11.6 Å². The summed E-state index contributed by atoms with van der Waals surface area (Å²) in [5, 5.41) is 3.82. The second-order valence-corrected chi connectivity index (χ2v) is 6.90. The van der Waals surface area contributed by atoms with Crippen LogP contribution in [-0.4, -0.2) is 22.4 Å². The molecule has 4 rings (SSSR count). The molecule has 1 amide bonds. The Morgan fingerprint density at radius 1 is 1.15 bits per heavy atom. The van der Waals surface area contributed by atoms with Crippen molar-refractivity contribution in [1.82, 2.24) is 9.97 Å². The molecule has 0 saturated heterocycles. The lowest BCUT2D eigenvalue weighted by Crippen LogP contribution is -2.36. The highest BCUT2D eigenvalue weighted by Gasteiger charge is 2.24. The van der Waals surface area contributed by atoms with Gasteiger partial charge in [0.15, 0.2) is 0 Å². The summed E-state index contributed by atoms with van der Waals surface area (Å²) in [4.78, 5) is 23.5. The van der Waals surface area contributed by atoms with Crippen molar-refractivity contribution in [2.45, 2.75) is 19.8 Å². The molecule has 27 heavy (non-hydrogen) atoms. The average Bonchev–Trinajstić information content (AvgIpc) is 2.71. The zero-order chi connectivity index (χ0) is 18.8. The van der Waals surface area contributed by atoms with Crippen LogP contribution >= 0.6 is 11.6 Å². The summed E-state index contributed by atoms with van der Waals surface area (Å²) in [7, 11) is 0. The van der Waals surface area contributed by atoms with Crippen molar-refractivity contribution in [1.29, 1.82) is 0 Å². The molecule has 136 valence electrons. The van der Waals surface area contributed by atoms with E-state index in [2.05, 4.69) is 21.4 Å². The third-order valence-electron chi connectivity index (χ3n) is 4.74. The van der Waals surface area contributed by atoms with Crippen LogP contribution in [0.4, 0.5) is 17.3 Å². The zero-order valence-corrected chi connectivity index (χ0v) is 15.7. The average molecular weight is 379 g/mol. The van der Waals surface area contributed by atoms with E-state index in [0.717, 1.165) is 29.8 Å². The summed E-state index contributed by atoms with van der Waals surface area (Å²) >= 11 is 6.17. The normalized spacial score (nSPS) is 13.2. The van der Waals surface area contributed by atoms with E-state index >= 15 is 0 Å². The van der Waals surface area contributed by atoms with E-state index in [1.165, 1.54) is 5.56 Å². The van der Waals surface area contributed by atoms with E-state index in [9.17, 15) is 4.79 Å². The molecule has 0 saturated carbocycles. The number of hydrogen-bond donors (Lipinski definition) is 1. The number of aryl methyl sites for hydroxylation is 1. The largest absolute Gasteiger partial charge is 0.324 e. The van der Waals surface area contributed by atoms with Crippen LogP contribution in [0.5, 0.6) is 0 Å². The molecule has 0 unspecified atom stereocenters. The molecule has 0 atom stereocenters. The SMILES string of the molecule is Cc1c(Cl)cccc1Nc1nccc(C(=O)N2CCCc3ccccc32)n1. The summed E-state index contributed by atoms with van der Waals surface area (Å²) in [5.41, 5.74) is 4.25. The van der Waals surface area contributed by atoms with Gasteiger partial charge in [-0.2, -0.15) is 0 Å². The number of nitrogens with one attached hydrogen (secondary N) is 1. The predicted molar refractivity (Wildman–Crippen MR) is 108 cm³/mol. The molecular weight excluding hydrogens is 360 g/mol. The Morgan fingerprint density at radius 3 is 2.89 bits per heavy atom. The maximum atomic E-state index is 13.1. The first-order valence-corrected chi connectivity index (χ1v) is 9.26. The Hall–Kier alpha value is -2.92. The second kappa shape index (κ2) is 7.37. The number of benzene rings is 2. The minimum atomic E-state index is -0.115. The second-order valence-electron chi connectivity index (χ2n) is 6.49. The topological polar surface area (TPSA) is 58.1 Å². The van der Waals surface area contributed by atoms with Crippen LogP contribution in [0.3, 0.4) is 0 Å². The number of carbonyl (C=O) groups is 1. The quantitative estimate of drug-likeness (QED) is 0.712. The van der Waals surface area contributed by atoms with Gasteiger partial charge in [-0.05, 0) is 55.2 Å². The molecule has 5 nitrogen and oxygen atoms in total. The first kappa shape index (κ1) is 17.5. The van der Waals surface area contributed by atoms with Crippen LogP contribution in [0.15, 0.2) is 54.7 Å². The summed E-state index contributed by atoms with van der Waals surface area (Å²) in [5.74, 6) is 0.256. The molecule has 6 heteroatoms. The molecule has 3 aromatic rings. The van der Waals surface area contributed by atoms with Crippen molar-refractivity contribution in [2.24, 2.45) is 0 Å². The van der Waals surface area contributed by atoms with E-state index in [-0.39, 0.29) is 5.91 Å². The third-order valence-corrected chi connectivity index (χ3v) is 5.15. The summed E-state index contributed by atoms with van der Waals surface area (Å²) < 4.78 is 0. The molecule has 2 aromatic carbocycles. The fourth-order valence-electron chi connectivity index (χ4n) is 3.28. The van der Waals surface area contributed by atoms with Gasteiger partial charge in [-0.25, -0.2) is 9.97 Å². The molecule has 1 aromatic heterocycles. The standard InChI is InChI=1S/C21H19ClN4O/c1-14-16(22)8-4-9-17(14)24-21-23-12-11-18(25-21)20(27)26-13-5-7-15-6-2-3-10-19(15)26/h2-4,6,8-12H,5,7,13H2,1H3,(H,23,24,25). The Kier molecular flexibility index (Phi) is 4.77. The molecule has 1 aliphatic rings. The Balaban J connectivity index is 1.61. The summed E-state index contributed by atoms with van der Waals surface area (Å²) in [6.45, 7) is 2.61. The minimum absolute atomic E-state index is 0.115. The van der Waals surface area contributed by atoms with Gasteiger partial charge in [-0.15, -0.1) is 0 Å². The van der Waals surface area contributed by atoms with Crippen LogP contribution in [-0.2, 0) is 6.42 Å². The highest BCUT2D eigenvalue weighted by molar-refractivity contribution is 6.31. The number of fused-ring (bicyclic) bond motifs is 1. The van der Waals surface area contributed by atoms with E-state index in [1.807, 2.05) is 43.3 Å². The number of rotatable bonds is 3. The smallest absolute Gasteiger partial charge is 0.277 e. The van der Waals surface area contributed by atoms with Crippen molar-refractivity contribution in [3.63, 3.8) is 0 Å². The maximum Gasteiger partial charge on any atom is 0.277 e. The molecule has 0 spiro atoms. The van der Waals surface area contributed by atoms with Gasteiger partial charge in [0.25, 0.3) is 5.91 Å². The minimum Gasteiger partial charge on any atom is -0.324 e. The number of aromatic nitrogens is 2. The molecule has 0 aliphatic carbocycles. The Bertz CT molecular complexity index is 1000. The zero-order valence-electron chi connectivity index (χ0n) is 14.9. The lowest BCUT2D eigenvalue weighted by atomic mass is 10.0. The van der Waals surface area contributed by atoms with Crippen molar-refractivity contribution in [3.05, 3.63) is 76.6 Å². The van der Waals surface area contributed by atoms with Gasteiger partial charge < -0.3 is 10.2 Å². The van der Waals surface area contributed by atoms with Gasteiger partial charge >= 0.3 is 0 Å². The van der Waals surface area contributed by atoms with Gasteiger partial charge in [-0.1, -0.05) is 35.9 Å². The highest BCUT2D eigenvalue weighted by Crippen LogP contribution is 2.28. The van der Waals surface area contributed by atoms with Gasteiger partial charge in [0.2, 0.25) is 5.95 Å². The molecule has 1 N–H and O–H groups in total. The van der Waals surface area contributed by atoms with Crippen LogP contribution in [0.2, 0.25) is 5.02 Å². The van der Waals surface area contributed by atoms with Crippen molar-refractivity contribution in [2.75, 3.05) is 16.8 Å². The summed E-state index contributed by atoms with van der Waals surface area (Å²) in [6.07, 6.45) is 3.53. The van der Waals surface area contributed by atoms with Crippen LogP contribution in [0.25, 0.3) is 0 Å². The lowest BCUT2D eigenvalue weighted by molar-refractivity contribution is 0.0980.